The Morgan fingerprint density at radius 3 is 2.55 bits per heavy atom. The van der Waals surface area contributed by atoms with Gasteiger partial charge < -0.3 is 14.7 Å². The van der Waals surface area contributed by atoms with Crippen LogP contribution >= 0.6 is 0 Å². The lowest BCUT2D eigenvalue weighted by Gasteiger charge is -2.43. The standard InChI is InChI=1S/C25H32N2O4/c1-18(2)22-16-26(11-12-27(22)24(28)14-20-7-5-4-6-8-20)15-21-13-19(3)9-10-23(21)31-17-25(29)30/h4-10,13,18,22H,11-12,14-17H2,1-3H3,(H,29,30)/t22-/m1/s1. The van der Waals surface area contributed by atoms with Crippen molar-refractivity contribution in [1.29, 1.82) is 0 Å². The molecule has 0 saturated carbocycles. The van der Waals surface area contributed by atoms with E-state index < -0.39 is 5.97 Å². The second kappa shape index (κ2) is 10.4. The highest BCUT2D eigenvalue weighted by Gasteiger charge is 2.32. The molecule has 1 N–H and O–H groups in total. The summed E-state index contributed by atoms with van der Waals surface area (Å²) in [6.45, 7) is 8.89. The van der Waals surface area contributed by atoms with Crippen molar-refractivity contribution in [2.45, 2.75) is 39.8 Å². The van der Waals surface area contributed by atoms with Crippen molar-refractivity contribution in [3.8, 4) is 5.75 Å². The summed E-state index contributed by atoms with van der Waals surface area (Å²) in [6.07, 6.45) is 0.426. The molecule has 1 fully saturated rings. The number of carbonyl (C=O) groups excluding carboxylic acids is 1. The molecule has 0 spiro atoms. The third-order valence-electron chi connectivity index (χ3n) is 5.75. The normalized spacial score (nSPS) is 17.0. The van der Waals surface area contributed by atoms with Crippen LogP contribution in [0.4, 0.5) is 0 Å². The molecule has 0 bridgehead atoms. The average Bonchev–Trinajstić information content (AvgIpc) is 2.73. The minimum Gasteiger partial charge on any atom is -0.482 e. The number of hydrogen-bond acceptors (Lipinski definition) is 4. The number of hydrogen-bond donors (Lipinski definition) is 1. The first-order valence-electron chi connectivity index (χ1n) is 10.8. The van der Waals surface area contributed by atoms with Crippen molar-refractivity contribution in [2.75, 3.05) is 26.2 Å². The van der Waals surface area contributed by atoms with Crippen LogP contribution in [0.5, 0.6) is 5.75 Å². The molecule has 1 aliphatic rings. The Morgan fingerprint density at radius 2 is 1.87 bits per heavy atom. The Bertz CT molecular complexity index is 898. The maximum Gasteiger partial charge on any atom is 0.341 e. The molecule has 0 aromatic heterocycles. The van der Waals surface area contributed by atoms with Gasteiger partial charge in [-0.2, -0.15) is 0 Å². The number of aliphatic carboxylic acids is 1. The molecule has 31 heavy (non-hydrogen) atoms. The van der Waals surface area contributed by atoms with E-state index in [1.54, 1.807) is 0 Å². The van der Waals surface area contributed by atoms with Gasteiger partial charge in [-0.15, -0.1) is 0 Å². The van der Waals surface area contributed by atoms with Crippen LogP contribution in [-0.4, -0.2) is 59.1 Å². The summed E-state index contributed by atoms with van der Waals surface area (Å²) >= 11 is 0. The number of aryl methyl sites for hydroxylation is 1. The second-order valence-electron chi connectivity index (χ2n) is 8.59. The first-order chi connectivity index (χ1) is 14.8. The van der Waals surface area contributed by atoms with Crippen molar-refractivity contribution in [2.24, 2.45) is 5.92 Å². The predicted molar refractivity (Wildman–Crippen MR) is 120 cm³/mol. The summed E-state index contributed by atoms with van der Waals surface area (Å²) in [5.41, 5.74) is 3.12. The fraction of sp³-hybridized carbons (Fsp3) is 0.440. The fourth-order valence-corrected chi connectivity index (χ4v) is 4.12. The van der Waals surface area contributed by atoms with Crippen molar-refractivity contribution in [1.82, 2.24) is 9.80 Å². The number of rotatable bonds is 8. The summed E-state index contributed by atoms with van der Waals surface area (Å²) in [5.74, 6) is 0.127. The highest BCUT2D eigenvalue weighted by Crippen LogP contribution is 2.25. The summed E-state index contributed by atoms with van der Waals surface area (Å²) < 4.78 is 5.50. The Morgan fingerprint density at radius 1 is 1.13 bits per heavy atom. The fourth-order valence-electron chi connectivity index (χ4n) is 4.12. The van der Waals surface area contributed by atoms with Gasteiger partial charge in [-0.25, -0.2) is 4.79 Å². The highest BCUT2D eigenvalue weighted by molar-refractivity contribution is 5.79. The number of ether oxygens (including phenoxy) is 1. The molecule has 166 valence electrons. The van der Waals surface area contributed by atoms with Gasteiger partial charge >= 0.3 is 5.97 Å². The molecule has 1 heterocycles. The van der Waals surface area contributed by atoms with E-state index in [2.05, 4.69) is 24.8 Å². The zero-order valence-corrected chi connectivity index (χ0v) is 18.6. The molecule has 2 aromatic rings. The zero-order valence-electron chi connectivity index (χ0n) is 18.6. The van der Waals surface area contributed by atoms with E-state index in [4.69, 9.17) is 9.84 Å². The van der Waals surface area contributed by atoms with Gasteiger partial charge in [0.25, 0.3) is 0 Å². The largest absolute Gasteiger partial charge is 0.482 e. The first-order valence-corrected chi connectivity index (χ1v) is 10.8. The minimum atomic E-state index is -0.989. The minimum absolute atomic E-state index is 0.137. The number of amides is 1. The number of carbonyl (C=O) groups is 2. The number of carboxylic acid groups (broad SMARTS) is 1. The lowest BCUT2D eigenvalue weighted by molar-refractivity contribution is -0.139. The van der Waals surface area contributed by atoms with Crippen LogP contribution in [0.25, 0.3) is 0 Å². The van der Waals surface area contributed by atoms with E-state index in [1.807, 2.05) is 54.3 Å². The van der Waals surface area contributed by atoms with Crippen molar-refractivity contribution in [3.63, 3.8) is 0 Å². The maximum absolute atomic E-state index is 13.0. The van der Waals surface area contributed by atoms with Gasteiger partial charge in [0.05, 0.1) is 6.42 Å². The zero-order chi connectivity index (χ0) is 22.4. The van der Waals surface area contributed by atoms with E-state index in [-0.39, 0.29) is 18.6 Å². The molecule has 6 heteroatoms. The quantitative estimate of drug-likeness (QED) is 0.704. The van der Waals surface area contributed by atoms with Crippen LogP contribution in [0.3, 0.4) is 0 Å². The lowest BCUT2D eigenvalue weighted by atomic mass is 9.97. The Hall–Kier alpha value is -2.86. The van der Waals surface area contributed by atoms with Crippen LogP contribution in [0, 0.1) is 12.8 Å². The molecular formula is C25H32N2O4. The molecule has 0 unspecified atom stereocenters. The number of piperazine rings is 1. The number of carboxylic acids is 1. The van der Waals surface area contributed by atoms with Crippen LogP contribution in [0.2, 0.25) is 0 Å². The van der Waals surface area contributed by atoms with Gasteiger partial charge in [-0.1, -0.05) is 61.9 Å². The van der Waals surface area contributed by atoms with Gasteiger partial charge in [-0.3, -0.25) is 9.69 Å². The molecule has 1 atom stereocenters. The van der Waals surface area contributed by atoms with E-state index in [9.17, 15) is 9.59 Å². The van der Waals surface area contributed by atoms with Gasteiger partial charge in [0.2, 0.25) is 5.91 Å². The average molecular weight is 425 g/mol. The third kappa shape index (κ3) is 6.31. The predicted octanol–water partition coefficient (Wildman–Crippen LogP) is 3.37. The molecule has 1 aliphatic heterocycles. The monoisotopic (exact) mass is 424 g/mol. The van der Waals surface area contributed by atoms with Crippen molar-refractivity contribution >= 4 is 11.9 Å². The maximum atomic E-state index is 13.0. The smallest absolute Gasteiger partial charge is 0.341 e. The van der Waals surface area contributed by atoms with Crippen LogP contribution in [-0.2, 0) is 22.6 Å². The van der Waals surface area contributed by atoms with Crippen LogP contribution < -0.4 is 4.74 Å². The number of benzene rings is 2. The second-order valence-corrected chi connectivity index (χ2v) is 8.59. The van der Waals surface area contributed by atoms with Crippen LogP contribution in [0.1, 0.15) is 30.5 Å². The summed E-state index contributed by atoms with van der Waals surface area (Å²) in [5, 5.41) is 8.95. The van der Waals surface area contributed by atoms with Gasteiger partial charge in [0.15, 0.2) is 6.61 Å². The van der Waals surface area contributed by atoms with E-state index in [1.165, 1.54) is 0 Å². The van der Waals surface area contributed by atoms with Crippen molar-refractivity contribution < 1.29 is 19.4 Å². The van der Waals surface area contributed by atoms with E-state index in [0.29, 0.717) is 31.2 Å². The van der Waals surface area contributed by atoms with E-state index >= 15 is 0 Å². The summed E-state index contributed by atoms with van der Waals surface area (Å²) in [7, 11) is 0. The van der Waals surface area contributed by atoms with Gasteiger partial charge in [-0.05, 0) is 24.5 Å². The molecule has 2 aromatic carbocycles. The topological polar surface area (TPSA) is 70.1 Å². The SMILES string of the molecule is Cc1ccc(OCC(=O)O)c(CN2CCN(C(=O)Cc3ccccc3)[C@@H](C(C)C)C2)c1. The molecule has 1 saturated heterocycles. The lowest BCUT2D eigenvalue weighted by Crippen LogP contribution is -2.57. The summed E-state index contributed by atoms with van der Waals surface area (Å²) in [4.78, 5) is 28.3. The molecule has 0 radical (unpaired) electrons. The Kier molecular flexibility index (Phi) is 7.69. The molecule has 0 aliphatic carbocycles. The Labute approximate surface area is 184 Å². The summed E-state index contributed by atoms with van der Waals surface area (Å²) in [6, 6.07) is 15.8. The van der Waals surface area contributed by atoms with Gasteiger partial charge in [0.1, 0.15) is 5.75 Å². The Balaban J connectivity index is 1.69. The third-order valence-corrected chi connectivity index (χ3v) is 5.75. The molecular weight excluding hydrogens is 392 g/mol. The van der Waals surface area contributed by atoms with Crippen molar-refractivity contribution in [3.05, 3.63) is 65.2 Å². The molecule has 3 rings (SSSR count). The van der Waals surface area contributed by atoms with Gasteiger partial charge in [0, 0.05) is 37.8 Å². The number of nitrogens with zero attached hydrogens (tertiary/aromatic N) is 2. The molecule has 1 amide bonds. The van der Waals surface area contributed by atoms with Crippen LogP contribution in [0.15, 0.2) is 48.5 Å². The van der Waals surface area contributed by atoms with E-state index in [0.717, 1.165) is 29.8 Å². The highest BCUT2D eigenvalue weighted by atomic mass is 16.5. The molecule has 6 nitrogen and oxygen atoms in total. The first kappa shape index (κ1) is 22.8.